The summed E-state index contributed by atoms with van der Waals surface area (Å²) < 4.78 is 73.5. The molecule has 2 aliphatic rings. The largest absolute Gasteiger partial charge is 2.00 e. The van der Waals surface area contributed by atoms with Gasteiger partial charge in [0.15, 0.2) is 11.6 Å². The van der Waals surface area contributed by atoms with E-state index in [2.05, 4.69) is 51.1 Å². The molecule has 0 aliphatic carbocycles. The number of benzene rings is 3. The fourth-order valence-corrected chi connectivity index (χ4v) is 12.2. The molecule has 0 radical (unpaired) electrons. The smallest absolute Gasteiger partial charge is 1.00 e. The molecule has 2 aliphatic heterocycles. The number of esters is 2. The minimum atomic E-state index is -4.34. The van der Waals surface area contributed by atoms with E-state index < -0.39 is 104 Å². The van der Waals surface area contributed by atoms with Gasteiger partial charge in [-0.2, -0.15) is 51.7 Å². The Morgan fingerprint density at radius 3 is 1.42 bits per heavy atom. The number of halogens is 1. The molecular formula is C58H75ClMgN14O19P2. The van der Waals surface area contributed by atoms with Crippen LogP contribution in [0.4, 0.5) is 17.3 Å². The van der Waals surface area contributed by atoms with Gasteiger partial charge in [0.2, 0.25) is 11.2 Å². The zero-order chi connectivity index (χ0) is 68.0. The number of hydrogen-bond acceptors (Lipinski definition) is 28. The molecule has 2 unspecified atom stereocenters. The van der Waals surface area contributed by atoms with Crippen molar-refractivity contribution in [3.63, 3.8) is 0 Å². The number of anilines is 2. The predicted octanol–water partition coefficient (Wildman–Crippen LogP) is 1.93. The van der Waals surface area contributed by atoms with Crippen LogP contribution in [0.25, 0.3) is 11.0 Å². The zero-order valence-corrected chi connectivity index (χ0v) is 57.1. The van der Waals surface area contributed by atoms with Crippen molar-refractivity contribution in [2.24, 2.45) is 0 Å². The fourth-order valence-electron chi connectivity index (χ4n) is 8.84. The maximum absolute atomic E-state index is 13.9. The molecular weight excluding hydrogens is 1320 g/mol. The molecule has 2 saturated heterocycles. The van der Waals surface area contributed by atoms with Crippen LogP contribution >= 0.6 is 15.5 Å². The molecule has 510 valence electrons. The number of nitrogens with two attached hydrogens (primary N) is 2. The number of nitro benzene ring substituents is 1. The van der Waals surface area contributed by atoms with Gasteiger partial charge in [0.1, 0.15) is 101 Å². The summed E-state index contributed by atoms with van der Waals surface area (Å²) in [4.78, 5) is 42.6. The summed E-state index contributed by atoms with van der Waals surface area (Å²) in [6, 6.07) is 31.2. The van der Waals surface area contributed by atoms with Gasteiger partial charge in [0.25, 0.3) is 5.69 Å². The number of ether oxygens (including phenoxy) is 4. The van der Waals surface area contributed by atoms with Crippen LogP contribution in [0.15, 0.2) is 122 Å². The number of carbonyl (C=O) groups is 2. The van der Waals surface area contributed by atoms with Gasteiger partial charge in [-0.1, -0.05) is 36.4 Å². The van der Waals surface area contributed by atoms with Crippen LogP contribution in [0.1, 0.15) is 73.7 Å². The number of nitro groups is 1. The molecule has 14 N–H and O–H groups in total. The maximum atomic E-state index is 13.9. The molecule has 7 aromatic rings. The fraction of sp³-hybridized carbons (Fsp3) is 0.397. The summed E-state index contributed by atoms with van der Waals surface area (Å²) in [5.74, 6) is 0.894. The third kappa shape index (κ3) is 19.5. The number of nitrogens with one attached hydrogen (secondary N) is 2. The second kappa shape index (κ2) is 34.8. The van der Waals surface area contributed by atoms with Crippen molar-refractivity contribution in [2.75, 3.05) is 37.9 Å². The van der Waals surface area contributed by atoms with Gasteiger partial charge < -0.3 is 94.0 Å². The van der Waals surface area contributed by atoms with E-state index in [-0.39, 0.29) is 101 Å². The molecule has 37 heteroatoms. The second-order valence-electron chi connectivity index (χ2n) is 21.7. The molecule has 33 nitrogen and oxygen atoms in total. The van der Waals surface area contributed by atoms with Crippen molar-refractivity contribution >= 4 is 78.8 Å². The van der Waals surface area contributed by atoms with Gasteiger partial charge in [-0.25, -0.2) is 28.1 Å². The maximum Gasteiger partial charge on any atom is 2.00 e. The van der Waals surface area contributed by atoms with E-state index >= 15 is 0 Å². The number of aromatic nitrogens is 6. The molecule has 2 fully saturated rings. The van der Waals surface area contributed by atoms with Gasteiger partial charge in [0.05, 0.1) is 42.7 Å². The molecule has 0 bridgehead atoms. The Morgan fingerprint density at radius 2 is 1.05 bits per heavy atom. The Balaban J connectivity index is 0.000000370. The molecule has 3 aromatic carbocycles. The van der Waals surface area contributed by atoms with E-state index in [0.29, 0.717) is 11.0 Å². The Kier molecular flexibility index (Phi) is 29.9. The molecule has 95 heavy (non-hydrogen) atoms. The summed E-state index contributed by atoms with van der Waals surface area (Å²) in [6.07, 6.45) is -6.34. The van der Waals surface area contributed by atoms with E-state index in [9.17, 15) is 64.9 Å². The number of para-hydroxylation sites is 2. The molecule has 9 rings (SSSR count). The molecule has 6 heterocycles. The molecule has 4 aromatic heterocycles. The minimum absolute atomic E-state index is 0. The van der Waals surface area contributed by atoms with Crippen molar-refractivity contribution in [1.29, 1.82) is 10.5 Å². The number of aliphatic hydroxyl groups excluding tert-OH is 5. The van der Waals surface area contributed by atoms with Crippen LogP contribution in [-0.4, -0.2) is 169 Å². The van der Waals surface area contributed by atoms with Gasteiger partial charge in [0, 0.05) is 12.1 Å². The van der Waals surface area contributed by atoms with Crippen LogP contribution in [-0.2, 0) is 53.4 Å². The number of carbonyl (C=O) groups excluding carboxylic acids is 2. The van der Waals surface area contributed by atoms with Crippen LogP contribution in [0.5, 0.6) is 17.2 Å². The van der Waals surface area contributed by atoms with Gasteiger partial charge >= 0.3 is 50.5 Å². The number of aliphatic hydroxyl groups is 5. The monoisotopic (exact) mass is 1390 g/mol. The summed E-state index contributed by atoms with van der Waals surface area (Å²) in [6.45, 7) is 14.5. The molecule has 0 saturated carbocycles. The average Bonchev–Trinajstić information content (AvgIpc) is 1.59. The van der Waals surface area contributed by atoms with Crippen molar-refractivity contribution < 1.29 is 98.6 Å². The number of hydrogen-bond donors (Lipinski definition) is 10. The Bertz CT molecular complexity index is 3850. The molecule has 0 spiro atoms. The van der Waals surface area contributed by atoms with Crippen molar-refractivity contribution in [1.82, 2.24) is 45.5 Å². The van der Waals surface area contributed by atoms with Gasteiger partial charge in [-0.3, -0.25) is 24.2 Å². The first kappa shape index (κ1) is 81.5. The van der Waals surface area contributed by atoms with Crippen molar-refractivity contribution in [2.45, 2.75) is 121 Å². The number of non-ortho nitro benzene ring substituents is 1. The van der Waals surface area contributed by atoms with Crippen molar-refractivity contribution in [3.05, 3.63) is 149 Å². The molecule has 0 amide bonds. The van der Waals surface area contributed by atoms with Gasteiger partial charge in [-0.15, -0.1) is 0 Å². The third-order valence-corrected chi connectivity index (χ3v) is 16.7. The number of nitrogens with zero attached hydrogens (tertiary/aromatic N) is 9. The average molecular weight is 1390 g/mol. The van der Waals surface area contributed by atoms with Crippen LogP contribution < -0.4 is 53.8 Å². The number of fused-ring (bicyclic) bond motifs is 2. The zero-order valence-electron chi connectivity index (χ0n) is 53.2. The Hall–Kier alpha value is -7.70. The van der Waals surface area contributed by atoms with E-state index in [1.165, 1.54) is 104 Å². The molecule has 10 atom stereocenters. The number of nitriles is 2. The summed E-state index contributed by atoms with van der Waals surface area (Å²) >= 11 is 0. The van der Waals surface area contributed by atoms with Crippen molar-refractivity contribution in [3.8, 4) is 29.4 Å². The second-order valence-corrected chi connectivity index (χ2v) is 25.0. The normalized spacial score (nSPS) is 21.6. The van der Waals surface area contributed by atoms with Crippen LogP contribution in [0, 0.1) is 38.7 Å². The Morgan fingerprint density at radius 1 is 0.684 bits per heavy atom. The van der Waals surface area contributed by atoms with E-state index in [4.69, 9.17) is 48.5 Å². The quantitative estimate of drug-likeness (QED) is 0.0123. The van der Waals surface area contributed by atoms with E-state index in [1.54, 1.807) is 74.5 Å². The number of rotatable bonds is 21. The first-order chi connectivity index (χ1) is 43.4. The summed E-state index contributed by atoms with van der Waals surface area (Å²) in [5.41, 5.74) is 5.73. The van der Waals surface area contributed by atoms with E-state index in [1.807, 2.05) is 12.1 Å². The minimum Gasteiger partial charge on any atom is -1.00 e. The Labute approximate surface area is 568 Å². The standard InChI is InChI=1S/C24H29N6O8P.C18H21N2O7P.C12H13N5O4.C4H9.ClH.Mg.H3N/c1-4-35-22(33)23(2,3)29-39(34,38-15-8-6-5-7-9-15)36-12-17-19(31)20(32)24(13-25,37-17)18-11-10-16-21(26)27-14-28-30(16)18;1-4-25-17(21)18(2,3)19-28(24,26-15-8-6-5-7-9-15)27-16-12-10-14(11-13-16)20(22)23;13-4-12(10(20)9(19)7(3-18)21-12)8-2-1-6-11(14)15-5-16-17(6)8;1-4(2)3;;;/h5-11,14,17,19-20,31-32H,4,12H2,1-3H3,(H,29,34)(H2,26,27,28);5-13H,4H2,1-3H3,(H,19,24);1-2,5,7,9-10,18-20H,3H2,(H2,14,15,16);1-3H3;1H;;1H3/q;;;-1;;+2;/p-1/t17-,19-,20-,24+,39?;;7-,9-,10-,12+;;;;/m1.1..../s1. The van der Waals surface area contributed by atoms with Gasteiger partial charge in [-0.05, 0) is 102 Å². The van der Waals surface area contributed by atoms with Crippen LogP contribution in [0.3, 0.4) is 0 Å². The predicted molar refractivity (Wildman–Crippen MR) is 338 cm³/mol. The third-order valence-electron chi connectivity index (χ3n) is 13.2. The SMILES string of the molecule is CCOC(=O)C(C)(C)NP(=O)(OC[C@H]1O[C@@](C#N)(c2ccc3c(N)ncnn23)[C@H](O)[C@@H]1O)Oc1ccccc1.CCOC(=O)C(C)(C)NP(=O)(Oc1ccccc1)Oc1ccc([N+](=O)[O-])cc1.C[C-](C)C.N.N#C[C@@]1(c2ccc3c(N)ncnn23)O[C@H](CO)[C@@H](O)[C@H]1O.[Cl-].[Mg+2]. The number of nitrogen functional groups attached to an aromatic ring is 2. The van der Waals surface area contributed by atoms with Crippen LogP contribution in [0.2, 0.25) is 0 Å². The van der Waals surface area contributed by atoms with E-state index in [0.717, 1.165) is 0 Å². The topological polar surface area (TPSA) is 505 Å². The summed E-state index contributed by atoms with van der Waals surface area (Å²) in [7, 11) is -8.47. The first-order valence-corrected chi connectivity index (χ1v) is 31.1. The first-order valence-electron chi connectivity index (χ1n) is 28.1. The summed E-state index contributed by atoms with van der Waals surface area (Å²) in [5, 5.41) is 94.7.